The van der Waals surface area contributed by atoms with Crippen LogP contribution in [0.2, 0.25) is 0 Å². The van der Waals surface area contributed by atoms with E-state index in [-0.39, 0.29) is 36.0 Å². The van der Waals surface area contributed by atoms with Crippen molar-refractivity contribution in [2.75, 3.05) is 44.8 Å². The van der Waals surface area contributed by atoms with Crippen LogP contribution < -0.4 is 4.90 Å². The van der Waals surface area contributed by atoms with Crippen molar-refractivity contribution in [3.8, 4) is 0 Å². The Morgan fingerprint density at radius 3 is 2.64 bits per heavy atom. The van der Waals surface area contributed by atoms with Crippen molar-refractivity contribution in [2.45, 2.75) is 64.6 Å². The molecule has 2 aliphatic heterocycles. The molecule has 0 radical (unpaired) electrons. The van der Waals surface area contributed by atoms with Crippen molar-refractivity contribution in [3.05, 3.63) is 47.5 Å². The fraction of sp³-hybridized carbons (Fsp3) is 0.571. The maximum atomic E-state index is 13.7. The lowest BCUT2D eigenvalue weighted by Crippen LogP contribution is -2.62. The number of carbonyl (C=O) groups excluding carboxylic acids is 2. The Kier molecular flexibility index (Phi) is 7.15. The number of pyridine rings is 1. The summed E-state index contributed by atoms with van der Waals surface area (Å²) in [5.41, 5.74) is 6.15. The molecule has 3 heterocycles. The van der Waals surface area contributed by atoms with Gasteiger partial charge in [0.25, 0.3) is 0 Å². The number of ether oxygens (including phenoxy) is 2. The van der Waals surface area contributed by atoms with E-state index in [2.05, 4.69) is 29.5 Å². The van der Waals surface area contributed by atoms with Gasteiger partial charge in [0.1, 0.15) is 5.60 Å². The predicted molar refractivity (Wildman–Crippen MR) is 140 cm³/mol. The summed E-state index contributed by atoms with van der Waals surface area (Å²) in [5, 5.41) is 0. The zero-order valence-corrected chi connectivity index (χ0v) is 22.5. The molecule has 1 saturated heterocycles. The molecule has 0 aromatic carbocycles. The average Bonchev–Trinajstić information content (AvgIpc) is 3.41. The van der Waals surface area contributed by atoms with Gasteiger partial charge in [0.15, 0.2) is 0 Å². The summed E-state index contributed by atoms with van der Waals surface area (Å²) in [5.74, 6) is 0.0319. The quantitative estimate of drug-likeness (QED) is 0.580. The lowest BCUT2D eigenvalue weighted by atomic mass is 9.88. The van der Waals surface area contributed by atoms with Crippen LogP contribution in [0, 0.1) is 0 Å². The van der Waals surface area contributed by atoms with Crippen LogP contribution in [0.15, 0.2) is 36.2 Å². The Hall–Kier alpha value is -2.93. The summed E-state index contributed by atoms with van der Waals surface area (Å²) < 4.78 is 11.1. The molecule has 4 rings (SSSR count). The second kappa shape index (κ2) is 9.85. The molecule has 1 aromatic heterocycles. The number of carbonyl (C=O) groups is 2. The topological polar surface area (TPSA) is 75.2 Å². The van der Waals surface area contributed by atoms with Crippen molar-refractivity contribution >= 4 is 23.3 Å². The molecule has 0 bridgehead atoms. The molecule has 0 N–H and O–H groups in total. The van der Waals surface area contributed by atoms with Gasteiger partial charge in [0.2, 0.25) is 5.91 Å². The van der Waals surface area contributed by atoms with Crippen LogP contribution in [0.4, 0.5) is 10.5 Å². The molecule has 194 valence electrons. The molecule has 2 amide bonds. The van der Waals surface area contributed by atoms with Crippen molar-refractivity contribution in [3.63, 3.8) is 0 Å². The Balaban J connectivity index is 1.53. The first-order valence-electron chi connectivity index (χ1n) is 12.6. The molecule has 1 aliphatic carbocycles. The van der Waals surface area contributed by atoms with Gasteiger partial charge in [-0.1, -0.05) is 19.9 Å². The largest absolute Gasteiger partial charge is 0.444 e. The monoisotopic (exact) mass is 494 g/mol. The fourth-order valence-corrected chi connectivity index (χ4v) is 5.10. The lowest BCUT2D eigenvalue weighted by molar-refractivity contribution is -0.121. The number of nitrogens with zero attached hydrogens (tertiary/aromatic N) is 4. The third-order valence-electron chi connectivity index (χ3n) is 6.91. The standard InChI is InChI=1S/C28H38N4O4/c1-19-14-30(21(17-35-7)15-31(19)26(34)36-27(2,3)4)16-25(33)32-18-28(5,6)22-13-29-23(12-24(22)32)20-10-8-9-11-20/h8-10,12-13,19,21H,14-18H2,1-7H3/t19-,21-/m1/s1. The van der Waals surface area contributed by atoms with E-state index in [1.807, 2.05) is 63.1 Å². The van der Waals surface area contributed by atoms with Gasteiger partial charge >= 0.3 is 6.09 Å². The zero-order chi connectivity index (χ0) is 26.3. The van der Waals surface area contributed by atoms with Gasteiger partial charge in [0, 0.05) is 55.5 Å². The van der Waals surface area contributed by atoms with Crippen molar-refractivity contribution < 1.29 is 19.1 Å². The Labute approximate surface area is 214 Å². The van der Waals surface area contributed by atoms with Crippen LogP contribution in [-0.4, -0.2) is 84.4 Å². The van der Waals surface area contributed by atoms with Crippen LogP contribution in [0.1, 0.15) is 52.8 Å². The number of piperazine rings is 1. The lowest BCUT2D eigenvalue weighted by Gasteiger charge is -2.45. The third kappa shape index (κ3) is 5.41. The van der Waals surface area contributed by atoms with Crippen molar-refractivity contribution in [2.24, 2.45) is 0 Å². The number of fused-ring (bicyclic) bond motifs is 1. The SMILES string of the molecule is COC[C@H]1CN(C(=O)OC(C)(C)C)[C@H](C)CN1CC(=O)N1CC(C)(C)c2cnc(C3=C=CC=C3)cc21. The number of anilines is 1. The molecule has 0 unspecified atom stereocenters. The van der Waals surface area contributed by atoms with Crippen LogP contribution in [0.5, 0.6) is 0 Å². The number of amides is 2. The minimum Gasteiger partial charge on any atom is -0.444 e. The highest BCUT2D eigenvalue weighted by Gasteiger charge is 2.41. The number of rotatable bonds is 5. The third-order valence-corrected chi connectivity index (χ3v) is 6.91. The van der Waals surface area contributed by atoms with E-state index in [1.165, 1.54) is 0 Å². The Morgan fingerprint density at radius 2 is 2.00 bits per heavy atom. The van der Waals surface area contributed by atoms with Crippen LogP contribution in [-0.2, 0) is 19.7 Å². The highest BCUT2D eigenvalue weighted by Crippen LogP contribution is 2.41. The normalized spacial score (nSPS) is 23.1. The maximum Gasteiger partial charge on any atom is 0.410 e. The smallest absolute Gasteiger partial charge is 0.410 e. The second-order valence-corrected chi connectivity index (χ2v) is 11.6. The first kappa shape index (κ1) is 26.1. The minimum absolute atomic E-state index is 0.0319. The number of allylic oxidation sites excluding steroid dienone is 3. The van der Waals surface area contributed by atoms with Gasteiger partial charge in [-0.2, -0.15) is 0 Å². The van der Waals surface area contributed by atoms with Gasteiger partial charge in [-0.25, -0.2) is 4.79 Å². The highest BCUT2D eigenvalue weighted by atomic mass is 16.6. The first-order chi connectivity index (χ1) is 16.9. The molecular weight excluding hydrogens is 456 g/mol. The summed E-state index contributed by atoms with van der Waals surface area (Å²) in [6.45, 7) is 14.1. The predicted octanol–water partition coefficient (Wildman–Crippen LogP) is 3.77. The van der Waals surface area contributed by atoms with E-state index in [0.717, 1.165) is 22.5 Å². The number of hydrogen-bond donors (Lipinski definition) is 0. The van der Waals surface area contributed by atoms with Crippen LogP contribution in [0.3, 0.4) is 0 Å². The van der Waals surface area contributed by atoms with E-state index in [0.29, 0.717) is 26.2 Å². The van der Waals surface area contributed by atoms with Gasteiger partial charge in [-0.05, 0) is 45.9 Å². The van der Waals surface area contributed by atoms with Gasteiger partial charge < -0.3 is 19.3 Å². The molecule has 1 fully saturated rings. The summed E-state index contributed by atoms with van der Waals surface area (Å²) >= 11 is 0. The van der Waals surface area contributed by atoms with E-state index in [1.54, 1.807) is 12.0 Å². The molecule has 1 aromatic rings. The molecule has 8 heteroatoms. The molecule has 0 saturated carbocycles. The van der Waals surface area contributed by atoms with Crippen molar-refractivity contribution in [1.82, 2.24) is 14.8 Å². The van der Waals surface area contributed by atoms with Crippen molar-refractivity contribution in [1.29, 1.82) is 0 Å². The van der Waals surface area contributed by atoms with E-state index < -0.39 is 5.60 Å². The maximum absolute atomic E-state index is 13.7. The summed E-state index contributed by atoms with van der Waals surface area (Å²) in [6.07, 6.45) is 7.34. The van der Waals surface area contributed by atoms with E-state index in [9.17, 15) is 9.59 Å². The Bertz CT molecular complexity index is 1130. The fourth-order valence-electron chi connectivity index (χ4n) is 5.10. The second-order valence-electron chi connectivity index (χ2n) is 11.6. The summed E-state index contributed by atoms with van der Waals surface area (Å²) in [7, 11) is 1.64. The number of hydrogen-bond acceptors (Lipinski definition) is 6. The highest BCUT2D eigenvalue weighted by molar-refractivity contribution is 5.98. The van der Waals surface area contributed by atoms with E-state index >= 15 is 0 Å². The van der Waals surface area contributed by atoms with E-state index in [4.69, 9.17) is 9.47 Å². The van der Waals surface area contributed by atoms with Gasteiger partial charge in [0.05, 0.1) is 30.6 Å². The minimum atomic E-state index is -0.565. The molecule has 36 heavy (non-hydrogen) atoms. The molecule has 8 nitrogen and oxygen atoms in total. The molecule has 3 aliphatic rings. The molecule has 0 spiro atoms. The first-order valence-corrected chi connectivity index (χ1v) is 12.6. The number of aromatic nitrogens is 1. The summed E-state index contributed by atoms with van der Waals surface area (Å²) in [4.78, 5) is 37.0. The average molecular weight is 495 g/mol. The molecule has 2 atom stereocenters. The molecular formula is C28H38N4O4. The van der Waals surface area contributed by atoms with Crippen LogP contribution >= 0.6 is 0 Å². The number of methoxy groups -OCH3 is 1. The zero-order valence-electron chi connectivity index (χ0n) is 22.5. The van der Waals surface area contributed by atoms with Crippen LogP contribution in [0.25, 0.3) is 5.57 Å². The van der Waals surface area contributed by atoms with Gasteiger partial charge in [-0.3, -0.25) is 14.7 Å². The summed E-state index contributed by atoms with van der Waals surface area (Å²) in [6, 6.07) is 1.81. The van der Waals surface area contributed by atoms with Gasteiger partial charge in [-0.15, -0.1) is 5.73 Å². The Morgan fingerprint density at radius 1 is 1.25 bits per heavy atom.